The Morgan fingerprint density at radius 1 is 0.789 bits per heavy atom. The van der Waals surface area contributed by atoms with Crippen LogP contribution in [0.15, 0.2) is 42.5 Å². The average molecular weight is 260 g/mol. The summed E-state index contributed by atoms with van der Waals surface area (Å²) in [5.41, 5.74) is 0.842. The number of rotatable bonds is 4. The number of phenols is 3. The van der Waals surface area contributed by atoms with Gasteiger partial charge in [-0.25, -0.2) is 0 Å². The van der Waals surface area contributed by atoms with E-state index in [1.807, 2.05) is 0 Å². The summed E-state index contributed by atoms with van der Waals surface area (Å²) < 4.78 is 0. The van der Waals surface area contributed by atoms with Crippen molar-refractivity contribution in [2.45, 2.75) is 18.9 Å². The maximum atomic E-state index is 10.0. The van der Waals surface area contributed by atoms with E-state index < -0.39 is 6.10 Å². The normalized spacial score (nSPS) is 12.3. The molecule has 19 heavy (non-hydrogen) atoms. The highest BCUT2D eigenvalue weighted by Gasteiger charge is 2.14. The first kappa shape index (κ1) is 13.2. The SMILES string of the molecule is Oc1ccccc1C(O)CCc1c(O)cccc1O. The van der Waals surface area contributed by atoms with Gasteiger partial charge in [0, 0.05) is 11.1 Å². The van der Waals surface area contributed by atoms with Crippen LogP contribution in [0, 0.1) is 0 Å². The van der Waals surface area contributed by atoms with Crippen molar-refractivity contribution in [2.75, 3.05) is 0 Å². The van der Waals surface area contributed by atoms with Gasteiger partial charge in [-0.3, -0.25) is 0 Å². The second kappa shape index (κ2) is 5.63. The minimum Gasteiger partial charge on any atom is -0.508 e. The van der Waals surface area contributed by atoms with Gasteiger partial charge in [-0.15, -0.1) is 0 Å². The van der Waals surface area contributed by atoms with Gasteiger partial charge in [0.05, 0.1) is 6.10 Å². The van der Waals surface area contributed by atoms with E-state index >= 15 is 0 Å². The first-order valence-electron chi connectivity index (χ1n) is 6.05. The number of hydrogen-bond acceptors (Lipinski definition) is 4. The van der Waals surface area contributed by atoms with Crippen molar-refractivity contribution in [3.8, 4) is 17.2 Å². The largest absolute Gasteiger partial charge is 0.508 e. The molecule has 4 heteroatoms. The summed E-state index contributed by atoms with van der Waals surface area (Å²) in [6, 6.07) is 11.1. The molecule has 0 saturated carbocycles. The Kier molecular flexibility index (Phi) is 3.92. The minimum atomic E-state index is -0.847. The third-order valence-electron chi connectivity index (χ3n) is 3.09. The second-order valence-corrected chi connectivity index (χ2v) is 4.39. The third kappa shape index (κ3) is 2.98. The van der Waals surface area contributed by atoms with Gasteiger partial charge in [-0.05, 0) is 31.0 Å². The number of phenolic OH excluding ortho intramolecular Hbond substituents is 3. The van der Waals surface area contributed by atoms with E-state index in [1.165, 1.54) is 18.2 Å². The van der Waals surface area contributed by atoms with Crippen LogP contribution in [0.25, 0.3) is 0 Å². The van der Waals surface area contributed by atoms with Crippen LogP contribution in [0.5, 0.6) is 17.2 Å². The van der Waals surface area contributed by atoms with E-state index in [1.54, 1.807) is 24.3 Å². The molecule has 0 heterocycles. The number of para-hydroxylation sites is 1. The van der Waals surface area contributed by atoms with E-state index in [2.05, 4.69) is 0 Å². The van der Waals surface area contributed by atoms with Gasteiger partial charge in [-0.1, -0.05) is 24.3 Å². The summed E-state index contributed by atoms with van der Waals surface area (Å²) in [5, 5.41) is 38.9. The van der Waals surface area contributed by atoms with Crippen LogP contribution in [0.4, 0.5) is 0 Å². The number of aliphatic hydroxyl groups is 1. The van der Waals surface area contributed by atoms with Gasteiger partial charge in [0.1, 0.15) is 17.2 Å². The van der Waals surface area contributed by atoms with Crippen molar-refractivity contribution in [1.82, 2.24) is 0 Å². The molecule has 0 aromatic heterocycles. The molecular weight excluding hydrogens is 244 g/mol. The Hall–Kier alpha value is -2.20. The molecule has 1 unspecified atom stereocenters. The molecule has 0 spiro atoms. The van der Waals surface area contributed by atoms with Gasteiger partial charge in [0.2, 0.25) is 0 Å². The van der Waals surface area contributed by atoms with Gasteiger partial charge in [0.25, 0.3) is 0 Å². The summed E-state index contributed by atoms with van der Waals surface area (Å²) >= 11 is 0. The molecule has 4 N–H and O–H groups in total. The van der Waals surface area contributed by atoms with E-state index in [0.29, 0.717) is 24.0 Å². The Labute approximate surface area is 111 Å². The molecule has 2 aromatic rings. The van der Waals surface area contributed by atoms with Crippen LogP contribution in [0.1, 0.15) is 23.7 Å². The lowest BCUT2D eigenvalue weighted by atomic mass is 9.99. The predicted octanol–water partition coefficient (Wildman–Crippen LogP) is 2.47. The maximum Gasteiger partial charge on any atom is 0.122 e. The van der Waals surface area contributed by atoms with Crippen LogP contribution < -0.4 is 0 Å². The predicted molar refractivity (Wildman–Crippen MR) is 71.2 cm³/mol. The molecule has 0 saturated heterocycles. The highest BCUT2D eigenvalue weighted by Crippen LogP contribution is 2.31. The van der Waals surface area contributed by atoms with Crippen LogP contribution >= 0.6 is 0 Å². The highest BCUT2D eigenvalue weighted by atomic mass is 16.3. The highest BCUT2D eigenvalue weighted by molar-refractivity contribution is 5.43. The van der Waals surface area contributed by atoms with Gasteiger partial charge in [0.15, 0.2) is 0 Å². The Balaban J connectivity index is 2.09. The summed E-state index contributed by atoms with van der Waals surface area (Å²) in [6.07, 6.45) is -0.239. The van der Waals surface area contributed by atoms with Crippen molar-refractivity contribution in [1.29, 1.82) is 0 Å². The zero-order valence-corrected chi connectivity index (χ0v) is 10.3. The molecule has 2 rings (SSSR count). The summed E-state index contributed by atoms with van der Waals surface area (Å²) in [4.78, 5) is 0. The minimum absolute atomic E-state index is 0.00415. The third-order valence-corrected chi connectivity index (χ3v) is 3.09. The molecule has 1 atom stereocenters. The topological polar surface area (TPSA) is 80.9 Å². The van der Waals surface area contributed by atoms with Gasteiger partial charge >= 0.3 is 0 Å². The van der Waals surface area contributed by atoms with Crippen molar-refractivity contribution in [2.24, 2.45) is 0 Å². The zero-order valence-electron chi connectivity index (χ0n) is 10.3. The first-order valence-corrected chi connectivity index (χ1v) is 6.05. The smallest absolute Gasteiger partial charge is 0.122 e. The fourth-order valence-electron chi connectivity index (χ4n) is 2.02. The van der Waals surface area contributed by atoms with E-state index in [0.717, 1.165) is 0 Å². The first-order chi connectivity index (χ1) is 9.09. The van der Waals surface area contributed by atoms with Gasteiger partial charge < -0.3 is 20.4 Å². The number of hydrogen-bond donors (Lipinski definition) is 4. The quantitative estimate of drug-likeness (QED) is 0.680. The molecule has 0 bridgehead atoms. The summed E-state index contributed by atoms with van der Waals surface area (Å²) in [7, 11) is 0. The molecular formula is C15H16O4. The molecule has 0 aliphatic rings. The Morgan fingerprint density at radius 3 is 2.00 bits per heavy atom. The molecule has 0 aliphatic heterocycles. The summed E-state index contributed by atoms with van der Waals surface area (Å²) in [6.45, 7) is 0. The van der Waals surface area contributed by atoms with E-state index in [4.69, 9.17) is 0 Å². The monoisotopic (exact) mass is 260 g/mol. The van der Waals surface area contributed by atoms with E-state index in [9.17, 15) is 20.4 Å². The number of benzene rings is 2. The molecule has 0 radical (unpaired) electrons. The van der Waals surface area contributed by atoms with Crippen molar-refractivity contribution in [3.63, 3.8) is 0 Å². The van der Waals surface area contributed by atoms with Crippen molar-refractivity contribution in [3.05, 3.63) is 53.6 Å². The van der Waals surface area contributed by atoms with Crippen molar-refractivity contribution < 1.29 is 20.4 Å². The van der Waals surface area contributed by atoms with Gasteiger partial charge in [-0.2, -0.15) is 0 Å². The Morgan fingerprint density at radius 2 is 1.37 bits per heavy atom. The molecule has 0 fully saturated rings. The van der Waals surface area contributed by atoms with Crippen LogP contribution in [-0.4, -0.2) is 20.4 Å². The molecule has 2 aromatic carbocycles. The van der Waals surface area contributed by atoms with Crippen LogP contribution in [-0.2, 0) is 6.42 Å². The molecule has 0 amide bonds. The fourth-order valence-corrected chi connectivity index (χ4v) is 2.02. The van der Waals surface area contributed by atoms with Crippen LogP contribution in [0.2, 0.25) is 0 Å². The fraction of sp³-hybridized carbons (Fsp3) is 0.200. The molecule has 4 nitrogen and oxygen atoms in total. The number of aliphatic hydroxyl groups excluding tert-OH is 1. The van der Waals surface area contributed by atoms with E-state index in [-0.39, 0.29) is 17.2 Å². The molecule has 0 aliphatic carbocycles. The standard InChI is InChI=1S/C15H16O4/c16-12-5-2-1-4-10(12)15(19)9-8-11-13(17)6-3-7-14(11)18/h1-7,15-19H,8-9H2. The lowest BCUT2D eigenvalue weighted by molar-refractivity contribution is 0.163. The molecule has 100 valence electrons. The van der Waals surface area contributed by atoms with Crippen LogP contribution in [0.3, 0.4) is 0 Å². The maximum absolute atomic E-state index is 10.0. The van der Waals surface area contributed by atoms with Crippen molar-refractivity contribution >= 4 is 0 Å². The number of aromatic hydroxyl groups is 3. The second-order valence-electron chi connectivity index (χ2n) is 4.39. The lowest BCUT2D eigenvalue weighted by Gasteiger charge is -2.13. The summed E-state index contributed by atoms with van der Waals surface area (Å²) in [5.74, 6) is 0.0467. The zero-order chi connectivity index (χ0) is 13.8. The lowest BCUT2D eigenvalue weighted by Crippen LogP contribution is -2.00. The average Bonchev–Trinajstić information content (AvgIpc) is 2.38. The Bertz CT molecular complexity index is 546.